The quantitative estimate of drug-likeness (QED) is 0.524. The van der Waals surface area contributed by atoms with Gasteiger partial charge in [0.05, 0.1) is 17.9 Å². The van der Waals surface area contributed by atoms with Crippen LogP contribution in [0.1, 0.15) is 53.1 Å². The molecule has 0 radical (unpaired) electrons. The third-order valence-electron chi connectivity index (χ3n) is 5.01. The molecule has 1 saturated heterocycles. The standard InChI is InChI=1S/C22H25N5S2/c1-15(2)11-16-8-9-17(28-16)14-27-10-4-6-20(27)19-5-3-7-21(25-19)26-22-24-13-18(12-23)29-22/h3,5,7-9,13,15,20H,4,6,10-11,14H2,1-2H3,(H,24,25,26). The molecule has 0 spiro atoms. The van der Waals surface area contributed by atoms with Crippen molar-refractivity contribution in [1.82, 2.24) is 14.9 Å². The SMILES string of the molecule is CC(C)Cc1ccc(CN2CCCC2c2cccc(Nc3ncc(C#N)s3)n2)s1. The first-order valence-corrected chi connectivity index (χ1v) is 11.7. The number of pyridine rings is 1. The number of aromatic nitrogens is 2. The van der Waals surface area contributed by atoms with Gasteiger partial charge in [0.2, 0.25) is 0 Å². The topological polar surface area (TPSA) is 64.8 Å². The first-order valence-electron chi connectivity index (χ1n) is 10.0. The molecule has 1 fully saturated rings. The lowest BCUT2D eigenvalue weighted by Gasteiger charge is -2.23. The van der Waals surface area contributed by atoms with Crippen molar-refractivity contribution in [2.45, 2.75) is 45.7 Å². The van der Waals surface area contributed by atoms with Crippen LogP contribution in [0.5, 0.6) is 0 Å². The van der Waals surface area contributed by atoms with E-state index in [1.807, 2.05) is 23.5 Å². The van der Waals surface area contributed by atoms with E-state index in [4.69, 9.17) is 10.2 Å². The first kappa shape index (κ1) is 20.0. The van der Waals surface area contributed by atoms with Crippen molar-refractivity contribution in [2.75, 3.05) is 11.9 Å². The lowest BCUT2D eigenvalue weighted by molar-refractivity contribution is 0.247. The third kappa shape index (κ3) is 5.02. The van der Waals surface area contributed by atoms with Gasteiger partial charge in [-0.3, -0.25) is 4.90 Å². The van der Waals surface area contributed by atoms with Gasteiger partial charge < -0.3 is 5.32 Å². The minimum absolute atomic E-state index is 0.346. The molecule has 4 rings (SSSR count). The maximum absolute atomic E-state index is 8.97. The number of thiophene rings is 1. The van der Waals surface area contributed by atoms with Gasteiger partial charge in [0, 0.05) is 16.3 Å². The summed E-state index contributed by atoms with van der Waals surface area (Å²) >= 11 is 3.29. The highest BCUT2D eigenvalue weighted by Gasteiger charge is 2.27. The highest BCUT2D eigenvalue weighted by molar-refractivity contribution is 7.16. The molecule has 29 heavy (non-hydrogen) atoms. The molecule has 1 aliphatic rings. The highest BCUT2D eigenvalue weighted by Crippen LogP contribution is 2.34. The van der Waals surface area contributed by atoms with E-state index in [0.29, 0.717) is 22.0 Å². The van der Waals surface area contributed by atoms with Crippen molar-refractivity contribution < 1.29 is 0 Å². The molecule has 150 valence electrons. The van der Waals surface area contributed by atoms with Gasteiger partial charge in [-0.2, -0.15) is 5.26 Å². The Hall–Kier alpha value is -2.27. The maximum Gasteiger partial charge on any atom is 0.189 e. The second-order valence-electron chi connectivity index (χ2n) is 7.81. The van der Waals surface area contributed by atoms with Crippen molar-refractivity contribution in [3.8, 4) is 6.07 Å². The van der Waals surface area contributed by atoms with Gasteiger partial charge in [-0.05, 0) is 56.0 Å². The second kappa shape index (κ2) is 9.04. The zero-order chi connectivity index (χ0) is 20.2. The normalized spacial score (nSPS) is 17.0. The van der Waals surface area contributed by atoms with Gasteiger partial charge in [-0.1, -0.05) is 31.3 Å². The maximum atomic E-state index is 8.97. The summed E-state index contributed by atoms with van der Waals surface area (Å²) in [5, 5.41) is 12.9. The molecule has 1 N–H and O–H groups in total. The Kier molecular flexibility index (Phi) is 6.24. The van der Waals surface area contributed by atoms with Crippen molar-refractivity contribution in [1.29, 1.82) is 5.26 Å². The molecular weight excluding hydrogens is 398 g/mol. The van der Waals surface area contributed by atoms with E-state index in [9.17, 15) is 0 Å². The van der Waals surface area contributed by atoms with Crippen molar-refractivity contribution >= 4 is 33.6 Å². The fourth-order valence-corrected chi connectivity index (χ4v) is 5.65. The number of thiazole rings is 1. The Bertz CT molecular complexity index is 1000. The summed E-state index contributed by atoms with van der Waals surface area (Å²) in [6.07, 6.45) is 5.08. The van der Waals surface area contributed by atoms with Gasteiger partial charge in [-0.15, -0.1) is 11.3 Å². The van der Waals surface area contributed by atoms with Crippen LogP contribution in [-0.4, -0.2) is 21.4 Å². The summed E-state index contributed by atoms with van der Waals surface area (Å²) in [5.74, 6) is 1.48. The lowest BCUT2D eigenvalue weighted by Crippen LogP contribution is -2.23. The van der Waals surface area contributed by atoms with Gasteiger partial charge in [-0.25, -0.2) is 9.97 Å². The number of hydrogen-bond acceptors (Lipinski definition) is 7. The summed E-state index contributed by atoms with van der Waals surface area (Å²) in [4.78, 5) is 15.2. The molecule has 0 bridgehead atoms. The third-order valence-corrected chi connectivity index (χ3v) is 6.92. The first-order chi connectivity index (χ1) is 14.1. The highest BCUT2D eigenvalue weighted by atomic mass is 32.1. The predicted octanol–water partition coefficient (Wildman–Crippen LogP) is 5.75. The number of hydrogen-bond donors (Lipinski definition) is 1. The van der Waals surface area contributed by atoms with Gasteiger partial charge in [0.25, 0.3) is 0 Å². The Morgan fingerprint density at radius 3 is 2.90 bits per heavy atom. The van der Waals surface area contributed by atoms with E-state index in [0.717, 1.165) is 37.4 Å². The number of likely N-dealkylation sites (tertiary alicyclic amines) is 1. The summed E-state index contributed by atoms with van der Waals surface area (Å²) in [5.41, 5.74) is 1.10. The van der Waals surface area contributed by atoms with Gasteiger partial charge in [0.15, 0.2) is 5.13 Å². The Morgan fingerprint density at radius 2 is 2.10 bits per heavy atom. The van der Waals surface area contributed by atoms with Crippen LogP contribution in [0.3, 0.4) is 0 Å². The molecule has 3 aromatic rings. The molecule has 1 unspecified atom stereocenters. The molecule has 0 aliphatic carbocycles. The van der Waals surface area contributed by atoms with E-state index in [1.165, 1.54) is 27.5 Å². The van der Waals surface area contributed by atoms with Crippen LogP contribution >= 0.6 is 22.7 Å². The predicted molar refractivity (Wildman–Crippen MR) is 120 cm³/mol. The number of nitrogens with one attached hydrogen (secondary N) is 1. The summed E-state index contributed by atoms with van der Waals surface area (Å²) in [6.45, 7) is 6.65. The molecular formula is C22H25N5S2. The average Bonchev–Trinajstić information content (AvgIpc) is 3.43. The lowest BCUT2D eigenvalue weighted by atomic mass is 10.1. The fourth-order valence-electron chi connectivity index (χ4n) is 3.77. The number of nitrogens with zero attached hydrogens (tertiary/aromatic N) is 4. The van der Waals surface area contributed by atoms with Crippen LogP contribution in [0.4, 0.5) is 10.9 Å². The van der Waals surface area contributed by atoms with E-state index < -0.39 is 0 Å². The molecule has 3 aromatic heterocycles. The smallest absolute Gasteiger partial charge is 0.189 e. The second-order valence-corrected chi connectivity index (χ2v) is 10.1. The minimum atomic E-state index is 0.346. The molecule has 0 aromatic carbocycles. The average molecular weight is 424 g/mol. The number of nitriles is 1. The molecule has 0 saturated carbocycles. The van der Waals surface area contributed by atoms with E-state index in [-0.39, 0.29) is 0 Å². The zero-order valence-corrected chi connectivity index (χ0v) is 18.4. The van der Waals surface area contributed by atoms with Crippen LogP contribution in [0.15, 0.2) is 36.5 Å². The molecule has 1 aliphatic heterocycles. The Labute approximate surface area is 180 Å². The largest absolute Gasteiger partial charge is 0.316 e. The molecule has 4 heterocycles. The minimum Gasteiger partial charge on any atom is -0.316 e. The Morgan fingerprint density at radius 1 is 1.24 bits per heavy atom. The summed E-state index contributed by atoms with van der Waals surface area (Å²) in [7, 11) is 0. The number of rotatable bonds is 7. The molecule has 0 amide bonds. The van der Waals surface area contributed by atoms with E-state index in [1.54, 1.807) is 6.20 Å². The van der Waals surface area contributed by atoms with Crippen LogP contribution in [0.25, 0.3) is 0 Å². The van der Waals surface area contributed by atoms with Gasteiger partial charge in [0.1, 0.15) is 16.8 Å². The van der Waals surface area contributed by atoms with E-state index >= 15 is 0 Å². The van der Waals surface area contributed by atoms with Crippen molar-refractivity contribution in [3.05, 3.63) is 56.9 Å². The van der Waals surface area contributed by atoms with Crippen LogP contribution in [0.2, 0.25) is 0 Å². The fraction of sp³-hybridized carbons (Fsp3) is 0.409. The molecule has 7 heteroatoms. The molecule has 5 nitrogen and oxygen atoms in total. The van der Waals surface area contributed by atoms with Gasteiger partial charge >= 0.3 is 0 Å². The zero-order valence-electron chi connectivity index (χ0n) is 16.8. The summed E-state index contributed by atoms with van der Waals surface area (Å²) in [6, 6.07) is 13.2. The van der Waals surface area contributed by atoms with E-state index in [2.05, 4.69) is 53.3 Å². The van der Waals surface area contributed by atoms with Crippen LogP contribution < -0.4 is 5.32 Å². The summed E-state index contributed by atoms with van der Waals surface area (Å²) < 4.78 is 0. The van der Waals surface area contributed by atoms with Crippen LogP contribution in [0, 0.1) is 17.2 Å². The van der Waals surface area contributed by atoms with Crippen molar-refractivity contribution in [2.24, 2.45) is 5.92 Å². The monoisotopic (exact) mass is 423 g/mol. The molecule has 1 atom stereocenters. The van der Waals surface area contributed by atoms with Crippen LogP contribution in [-0.2, 0) is 13.0 Å². The van der Waals surface area contributed by atoms with Crippen molar-refractivity contribution in [3.63, 3.8) is 0 Å². The Balaban J connectivity index is 1.45. The number of anilines is 2.